The van der Waals surface area contributed by atoms with Crippen molar-refractivity contribution in [1.29, 1.82) is 0 Å². The first-order valence-corrected chi connectivity index (χ1v) is 19.3. The maximum Gasteiger partial charge on any atom is 0.355 e. The van der Waals surface area contributed by atoms with E-state index < -0.39 is 34.7 Å². The zero-order valence-corrected chi connectivity index (χ0v) is 31.3. The molecule has 2 N–H and O–H groups in total. The van der Waals surface area contributed by atoms with Crippen molar-refractivity contribution in [3.63, 3.8) is 0 Å². The Morgan fingerprint density at radius 2 is 1.55 bits per heavy atom. The number of hydrogen-bond donors (Lipinski definition) is 2. The standard InChI is InChI=1S/C39H34N6O5S3/c1-24-30(53-23-40-24)20-19-25-21-51-36-32(35(47)45(36)33(25)37(48)49-2)42-34(46)31(44-50-3)29-22-52-38(41-29)43-39(26-13-7-4-8-14-26,27-15-9-5-10-16-27)28-17-11-6-12-18-28/h4-20,22-23,32,36H,21H2,1-3H3,(H,41,43)(H,42,46)/b20-19-,44-31-. The predicted octanol–water partition coefficient (Wildman–Crippen LogP) is 6.20. The van der Waals surface area contributed by atoms with E-state index in [-0.39, 0.29) is 17.1 Å². The number of thioether (sulfide) groups is 1. The van der Waals surface area contributed by atoms with E-state index in [1.165, 1.54) is 53.6 Å². The molecule has 2 unspecified atom stereocenters. The van der Waals surface area contributed by atoms with Crippen molar-refractivity contribution in [1.82, 2.24) is 20.2 Å². The Morgan fingerprint density at radius 3 is 2.09 bits per heavy atom. The molecule has 4 heterocycles. The molecule has 7 rings (SSSR count). The Bertz CT molecular complexity index is 2120. The summed E-state index contributed by atoms with van der Waals surface area (Å²) in [4.78, 5) is 56.9. The molecule has 11 nitrogen and oxygen atoms in total. The van der Waals surface area contributed by atoms with Gasteiger partial charge in [0, 0.05) is 16.0 Å². The Hall–Kier alpha value is -5.57. The Morgan fingerprint density at radius 1 is 0.925 bits per heavy atom. The van der Waals surface area contributed by atoms with Gasteiger partial charge in [0.05, 0.1) is 18.3 Å². The number of carbonyl (C=O) groups excluding carboxylic acids is 3. The van der Waals surface area contributed by atoms with Crippen LogP contribution in [0.5, 0.6) is 0 Å². The lowest BCUT2D eigenvalue weighted by atomic mass is 9.77. The number of nitrogens with zero attached hydrogens (tertiary/aromatic N) is 4. The number of hydrogen-bond acceptors (Lipinski definition) is 12. The number of fused-ring (bicyclic) bond motifs is 1. The van der Waals surface area contributed by atoms with E-state index in [9.17, 15) is 14.4 Å². The van der Waals surface area contributed by atoms with Crippen LogP contribution in [0.15, 0.2) is 124 Å². The van der Waals surface area contributed by atoms with Gasteiger partial charge in [0.25, 0.3) is 11.8 Å². The number of methoxy groups -OCH3 is 1. The van der Waals surface area contributed by atoms with Crippen LogP contribution in [-0.2, 0) is 29.5 Å². The molecular formula is C39H34N6O5S3. The lowest BCUT2D eigenvalue weighted by Crippen LogP contribution is -2.71. The molecule has 0 spiro atoms. The largest absolute Gasteiger partial charge is 0.464 e. The maximum atomic E-state index is 13.8. The number of oxime groups is 1. The number of anilines is 1. The molecule has 3 aromatic carbocycles. The minimum Gasteiger partial charge on any atom is -0.464 e. The number of aromatic nitrogens is 2. The smallest absolute Gasteiger partial charge is 0.355 e. The molecule has 2 aromatic heterocycles. The summed E-state index contributed by atoms with van der Waals surface area (Å²) in [6, 6.07) is 29.4. The van der Waals surface area contributed by atoms with E-state index in [1.54, 1.807) is 10.9 Å². The topological polar surface area (TPSA) is 135 Å². The van der Waals surface area contributed by atoms with Crippen molar-refractivity contribution in [3.8, 4) is 0 Å². The molecule has 1 saturated heterocycles. The first kappa shape index (κ1) is 35.8. The number of nitrogens with one attached hydrogen (secondary N) is 2. The molecule has 1 fully saturated rings. The van der Waals surface area contributed by atoms with Crippen LogP contribution in [0.3, 0.4) is 0 Å². The quantitative estimate of drug-likeness (QED) is 0.0501. The summed E-state index contributed by atoms with van der Waals surface area (Å²) in [5, 5.41) is 12.3. The molecular weight excluding hydrogens is 729 g/mol. The number of β-lactam (4-membered cyclic amide) rings is 1. The minimum absolute atomic E-state index is 0.0964. The fourth-order valence-electron chi connectivity index (χ4n) is 6.39. The summed E-state index contributed by atoms with van der Waals surface area (Å²) >= 11 is 4.24. The maximum absolute atomic E-state index is 13.8. The first-order valence-electron chi connectivity index (χ1n) is 16.5. The fraction of sp³-hybridized carbons (Fsp3) is 0.179. The number of benzene rings is 3. The first-order chi connectivity index (χ1) is 25.8. The summed E-state index contributed by atoms with van der Waals surface area (Å²) in [6.45, 7) is 1.90. The van der Waals surface area contributed by atoms with Crippen LogP contribution in [0.1, 0.15) is 33.0 Å². The normalized spacial score (nSPS) is 17.3. The summed E-state index contributed by atoms with van der Waals surface area (Å²) in [6.07, 6.45) is 3.69. The lowest BCUT2D eigenvalue weighted by Gasteiger charge is -2.49. The van der Waals surface area contributed by atoms with Crippen molar-refractivity contribution in [2.24, 2.45) is 5.16 Å². The Kier molecular flexibility index (Phi) is 10.5. The Balaban J connectivity index is 1.15. The van der Waals surface area contributed by atoms with Crippen LogP contribution >= 0.6 is 34.4 Å². The van der Waals surface area contributed by atoms with E-state index in [4.69, 9.17) is 14.6 Å². The van der Waals surface area contributed by atoms with E-state index in [0.29, 0.717) is 16.5 Å². The van der Waals surface area contributed by atoms with E-state index in [2.05, 4.69) is 57.2 Å². The highest BCUT2D eigenvalue weighted by atomic mass is 32.2. The summed E-state index contributed by atoms with van der Waals surface area (Å²) < 4.78 is 5.07. The van der Waals surface area contributed by atoms with Gasteiger partial charge in [-0.05, 0) is 35.3 Å². The van der Waals surface area contributed by atoms with Crippen LogP contribution in [-0.4, -0.2) is 69.8 Å². The molecule has 14 heteroatoms. The monoisotopic (exact) mass is 762 g/mol. The lowest BCUT2D eigenvalue weighted by molar-refractivity contribution is -0.151. The molecule has 268 valence electrons. The fourth-order valence-corrected chi connectivity index (χ4v) is 9.15. The van der Waals surface area contributed by atoms with Gasteiger partial charge < -0.3 is 20.2 Å². The highest BCUT2D eigenvalue weighted by Crippen LogP contribution is 2.42. The van der Waals surface area contributed by atoms with Gasteiger partial charge in [0.15, 0.2) is 10.8 Å². The third-order valence-corrected chi connectivity index (χ3v) is 11.9. The average molecular weight is 763 g/mol. The molecule has 2 aliphatic rings. The van der Waals surface area contributed by atoms with Gasteiger partial charge in [0.2, 0.25) is 0 Å². The average Bonchev–Trinajstić information content (AvgIpc) is 3.85. The zero-order chi connectivity index (χ0) is 37.0. The minimum atomic E-state index is -0.915. The van der Waals surface area contributed by atoms with Crippen molar-refractivity contribution >= 4 is 69.1 Å². The molecule has 2 atom stereocenters. The zero-order valence-electron chi connectivity index (χ0n) is 28.9. The molecule has 2 aliphatic heterocycles. The van der Waals surface area contributed by atoms with Crippen molar-refractivity contribution in [2.45, 2.75) is 23.9 Å². The summed E-state index contributed by atoms with van der Waals surface area (Å²) in [5.41, 5.74) is 5.74. The SMILES string of the molecule is CO/N=C(\C(=O)NC1C(=O)N2C(C(=O)OC)=C(/C=C\c3scnc3C)CSC12)c1csc(NC(c2ccccc2)(c2ccccc2)c2ccccc2)n1. The number of rotatable bonds is 12. The number of allylic oxidation sites excluding steroid dienone is 1. The number of thiazole rings is 2. The molecule has 0 bridgehead atoms. The summed E-state index contributed by atoms with van der Waals surface area (Å²) in [7, 11) is 2.62. The van der Waals surface area contributed by atoms with Crippen LogP contribution in [0.25, 0.3) is 6.08 Å². The van der Waals surface area contributed by atoms with Gasteiger partial charge in [-0.1, -0.05) is 102 Å². The van der Waals surface area contributed by atoms with E-state index in [0.717, 1.165) is 27.3 Å². The van der Waals surface area contributed by atoms with E-state index in [1.807, 2.05) is 73.7 Å². The third-order valence-electron chi connectivity index (χ3n) is 8.94. The van der Waals surface area contributed by atoms with Crippen LogP contribution in [0.2, 0.25) is 0 Å². The van der Waals surface area contributed by atoms with Crippen LogP contribution in [0.4, 0.5) is 5.13 Å². The molecule has 53 heavy (non-hydrogen) atoms. The number of esters is 1. The van der Waals surface area contributed by atoms with Gasteiger partial charge in [-0.2, -0.15) is 0 Å². The van der Waals surface area contributed by atoms with Gasteiger partial charge in [-0.3, -0.25) is 14.5 Å². The second-order valence-corrected chi connectivity index (χ2v) is 14.8. The van der Waals surface area contributed by atoms with Gasteiger partial charge in [-0.15, -0.1) is 34.4 Å². The number of aryl methyl sites for hydroxylation is 1. The number of carbonyl (C=O) groups is 3. The molecule has 2 amide bonds. The molecule has 0 saturated carbocycles. The molecule has 0 aliphatic carbocycles. The van der Waals surface area contributed by atoms with Crippen LogP contribution < -0.4 is 10.6 Å². The number of amides is 2. The highest BCUT2D eigenvalue weighted by Gasteiger charge is 2.54. The summed E-state index contributed by atoms with van der Waals surface area (Å²) in [5.74, 6) is -1.29. The third kappa shape index (κ3) is 6.88. The number of ether oxygens (including phenoxy) is 1. The van der Waals surface area contributed by atoms with Gasteiger partial charge in [0.1, 0.15) is 35.5 Å². The van der Waals surface area contributed by atoms with Crippen LogP contribution in [0, 0.1) is 6.92 Å². The van der Waals surface area contributed by atoms with Crippen molar-refractivity contribution in [2.75, 3.05) is 25.3 Å². The second kappa shape index (κ2) is 15.6. The van der Waals surface area contributed by atoms with Crippen molar-refractivity contribution < 1.29 is 24.0 Å². The Labute approximate surface area is 318 Å². The predicted molar refractivity (Wildman–Crippen MR) is 208 cm³/mol. The van der Waals surface area contributed by atoms with Crippen molar-refractivity contribution in [3.05, 3.63) is 152 Å². The van der Waals surface area contributed by atoms with Gasteiger partial charge >= 0.3 is 5.97 Å². The molecule has 0 radical (unpaired) electrons. The molecule has 5 aromatic rings. The second-order valence-electron chi connectivity index (χ2n) is 12.0. The van der Waals surface area contributed by atoms with Gasteiger partial charge in [-0.25, -0.2) is 14.8 Å². The van der Waals surface area contributed by atoms with E-state index >= 15 is 0 Å². The highest BCUT2D eigenvalue weighted by molar-refractivity contribution is 8.00.